The largest absolute Gasteiger partial charge is 0.353 e. The number of nitrogens with one attached hydrogen (secondary N) is 1. The third kappa shape index (κ3) is 4.86. The molecule has 120 valence electrons. The highest BCUT2D eigenvalue weighted by molar-refractivity contribution is 5.78. The first-order chi connectivity index (χ1) is 10.6. The maximum atomic E-state index is 12.0. The summed E-state index contributed by atoms with van der Waals surface area (Å²) in [5, 5.41) is 3.07. The third-order valence-corrected chi connectivity index (χ3v) is 4.40. The van der Waals surface area contributed by atoms with E-state index in [1.807, 2.05) is 31.2 Å². The lowest BCUT2D eigenvalue weighted by Gasteiger charge is -2.22. The summed E-state index contributed by atoms with van der Waals surface area (Å²) in [6, 6.07) is 8.39. The van der Waals surface area contributed by atoms with Crippen LogP contribution in [0.3, 0.4) is 0 Å². The van der Waals surface area contributed by atoms with Gasteiger partial charge in [0, 0.05) is 32.5 Å². The number of nitrogens with zero attached hydrogens (tertiary/aromatic N) is 1. The van der Waals surface area contributed by atoms with Gasteiger partial charge in [-0.1, -0.05) is 37.1 Å². The van der Waals surface area contributed by atoms with Crippen molar-refractivity contribution in [2.45, 2.75) is 58.5 Å². The minimum absolute atomic E-state index is 0.0110. The minimum atomic E-state index is 0.0110. The Morgan fingerprint density at radius 2 is 1.91 bits per heavy atom. The van der Waals surface area contributed by atoms with Gasteiger partial charge in [-0.05, 0) is 30.9 Å². The van der Waals surface area contributed by atoms with Crippen LogP contribution in [0.4, 0.5) is 0 Å². The molecule has 0 bridgehead atoms. The molecule has 22 heavy (non-hydrogen) atoms. The molecular formula is C18H26N2O2. The second-order valence-corrected chi connectivity index (χ2v) is 6.17. The van der Waals surface area contributed by atoms with E-state index >= 15 is 0 Å². The van der Waals surface area contributed by atoms with Gasteiger partial charge >= 0.3 is 0 Å². The van der Waals surface area contributed by atoms with Gasteiger partial charge in [-0.25, -0.2) is 0 Å². The Hall–Kier alpha value is -1.84. The van der Waals surface area contributed by atoms with Crippen LogP contribution in [-0.4, -0.2) is 29.3 Å². The molecule has 2 amide bonds. The predicted octanol–water partition coefficient (Wildman–Crippen LogP) is 2.79. The number of carbonyl (C=O) groups is 2. The smallest absolute Gasteiger partial charge is 0.221 e. The minimum Gasteiger partial charge on any atom is -0.353 e. The summed E-state index contributed by atoms with van der Waals surface area (Å²) in [7, 11) is 0. The Labute approximate surface area is 132 Å². The molecule has 0 aromatic heterocycles. The summed E-state index contributed by atoms with van der Waals surface area (Å²) < 4.78 is 0. The van der Waals surface area contributed by atoms with Crippen molar-refractivity contribution in [3.05, 3.63) is 35.4 Å². The van der Waals surface area contributed by atoms with Crippen LogP contribution in [0, 0.1) is 6.92 Å². The van der Waals surface area contributed by atoms with Crippen molar-refractivity contribution in [3.8, 4) is 0 Å². The van der Waals surface area contributed by atoms with E-state index < -0.39 is 0 Å². The molecule has 2 rings (SSSR count). The van der Waals surface area contributed by atoms with Gasteiger partial charge in [0.25, 0.3) is 0 Å². The Bertz CT molecular complexity index is 522. The molecule has 0 heterocycles. The first-order valence-corrected chi connectivity index (χ1v) is 8.15. The fourth-order valence-corrected chi connectivity index (χ4v) is 2.95. The van der Waals surface area contributed by atoms with Crippen molar-refractivity contribution in [2.24, 2.45) is 0 Å². The predicted molar refractivity (Wildman–Crippen MR) is 87.3 cm³/mol. The van der Waals surface area contributed by atoms with Crippen LogP contribution in [0.5, 0.6) is 0 Å². The number of hydrogen-bond acceptors (Lipinski definition) is 2. The molecule has 0 unspecified atom stereocenters. The monoisotopic (exact) mass is 302 g/mol. The average molecular weight is 302 g/mol. The van der Waals surface area contributed by atoms with Crippen molar-refractivity contribution in [2.75, 3.05) is 6.54 Å². The molecule has 1 aromatic rings. The number of benzene rings is 1. The molecule has 1 aromatic carbocycles. The van der Waals surface area contributed by atoms with E-state index in [1.165, 1.54) is 18.4 Å². The number of amides is 2. The van der Waals surface area contributed by atoms with Crippen LogP contribution in [-0.2, 0) is 16.1 Å². The second-order valence-electron chi connectivity index (χ2n) is 6.17. The van der Waals surface area contributed by atoms with Crippen LogP contribution in [0.2, 0.25) is 0 Å². The van der Waals surface area contributed by atoms with E-state index in [0.29, 0.717) is 25.6 Å². The van der Waals surface area contributed by atoms with Crippen molar-refractivity contribution >= 4 is 11.8 Å². The van der Waals surface area contributed by atoms with E-state index in [1.54, 1.807) is 11.8 Å². The molecule has 0 saturated heterocycles. The van der Waals surface area contributed by atoms with Crippen LogP contribution in [0.25, 0.3) is 0 Å². The van der Waals surface area contributed by atoms with Crippen LogP contribution in [0.15, 0.2) is 24.3 Å². The van der Waals surface area contributed by atoms with E-state index in [4.69, 9.17) is 0 Å². The highest BCUT2D eigenvalue weighted by Crippen LogP contribution is 2.17. The zero-order valence-corrected chi connectivity index (χ0v) is 13.6. The molecule has 4 nitrogen and oxygen atoms in total. The van der Waals surface area contributed by atoms with Crippen molar-refractivity contribution in [1.82, 2.24) is 10.2 Å². The van der Waals surface area contributed by atoms with Crippen molar-refractivity contribution in [1.29, 1.82) is 0 Å². The molecule has 0 aliphatic heterocycles. The normalized spacial score (nSPS) is 14.8. The fourth-order valence-electron chi connectivity index (χ4n) is 2.95. The van der Waals surface area contributed by atoms with Crippen LogP contribution < -0.4 is 5.32 Å². The quantitative estimate of drug-likeness (QED) is 0.878. The molecule has 1 N–H and O–H groups in total. The van der Waals surface area contributed by atoms with Crippen molar-refractivity contribution < 1.29 is 9.59 Å². The number of hydrogen-bond donors (Lipinski definition) is 1. The van der Waals surface area contributed by atoms with Crippen molar-refractivity contribution in [3.63, 3.8) is 0 Å². The summed E-state index contributed by atoms with van der Waals surface area (Å²) in [5.74, 6) is 0.0693. The molecular weight excluding hydrogens is 276 g/mol. The highest BCUT2D eigenvalue weighted by atomic mass is 16.2. The summed E-state index contributed by atoms with van der Waals surface area (Å²) in [6.45, 7) is 4.65. The lowest BCUT2D eigenvalue weighted by molar-refractivity contribution is -0.130. The average Bonchev–Trinajstić information content (AvgIpc) is 2.97. The summed E-state index contributed by atoms with van der Waals surface area (Å²) >= 11 is 0. The highest BCUT2D eigenvalue weighted by Gasteiger charge is 2.18. The molecule has 0 atom stereocenters. The summed E-state index contributed by atoms with van der Waals surface area (Å²) in [6.07, 6.45) is 4.97. The van der Waals surface area contributed by atoms with Gasteiger partial charge in [0.1, 0.15) is 0 Å². The Kier molecular flexibility index (Phi) is 5.99. The van der Waals surface area contributed by atoms with E-state index in [2.05, 4.69) is 5.32 Å². The molecule has 1 fully saturated rings. The van der Waals surface area contributed by atoms with Gasteiger partial charge in [0.2, 0.25) is 11.8 Å². The number of rotatable bonds is 6. The topological polar surface area (TPSA) is 49.4 Å². The Balaban J connectivity index is 1.85. The van der Waals surface area contributed by atoms with Gasteiger partial charge in [-0.2, -0.15) is 0 Å². The number of aryl methyl sites for hydroxylation is 1. The second kappa shape index (κ2) is 7.97. The first kappa shape index (κ1) is 16.5. The SMILES string of the molecule is CC(=O)N(CCC(=O)NC1CCCC1)Cc1ccccc1C. The van der Waals surface area contributed by atoms with Gasteiger partial charge in [0.05, 0.1) is 0 Å². The molecule has 1 aliphatic rings. The van der Waals surface area contributed by atoms with E-state index in [9.17, 15) is 9.59 Å². The maximum Gasteiger partial charge on any atom is 0.221 e. The summed E-state index contributed by atoms with van der Waals surface area (Å²) in [5.41, 5.74) is 2.30. The molecule has 1 saturated carbocycles. The van der Waals surface area contributed by atoms with Crippen LogP contribution in [0.1, 0.15) is 50.2 Å². The Morgan fingerprint density at radius 1 is 1.23 bits per heavy atom. The lowest BCUT2D eigenvalue weighted by Crippen LogP contribution is -2.37. The molecule has 0 radical (unpaired) electrons. The van der Waals surface area contributed by atoms with Gasteiger partial charge in [-0.15, -0.1) is 0 Å². The standard InChI is InChI=1S/C18H26N2O2/c1-14-7-3-4-8-16(14)13-20(15(2)21)12-11-18(22)19-17-9-5-6-10-17/h3-4,7-8,17H,5-6,9-13H2,1-2H3,(H,19,22). The maximum absolute atomic E-state index is 12.0. The van der Waals surface area contributed by atoms with Gasteiger partial charge in [-0.3, -0.25) is 9.59 Å². The van der Waals surface area contributed by atoms with Crippen LogP contribution >= 0.6 is 0 Å². The van der Waals surface area contributed by atoms with Gasteiger partial charge in [0.15, 0.2) is 0 Å². The van der Waals surface area contributed by atoms with E-state index in [-0.39, 0.29) is 11.8 Å². The molecule has 4 heteroatoms. The number of carbonyl (C=O) groups excluding carboxylic acids is 2. The molecule has 0 spiro atoms. The summed E-state index contributed by atoms with van der Waals surface area (Å²) in [4.78, 5) is 25.6. The third-order valence-electron chi connectivity index (χ3n) is 4.40. The molecule has 1 aliphatic carbocycles. The zero-order chi connectivity index (χ0) is 15.9. The zero-order valence-electron chi connectivity index (χ0n) is 13.6. The van der Waals surface area contributed by atoms with Gasteiger partial charge < -0.3 is 10.2 Å². The Morgan fingerprint density at radius 3 is 2.55 bits per heavy atom. The fraction of sp³-hybridized carbons (Fsp3) is 0.556. The van der Waals surface area contributed by atoms with E-state index in [0.717, 1.165) is 18.4 Å². The lowest BCUT2D eigenvalue weighted by atomic mass is 10.1. The first-order valence-electron chi connectivity index (χ1n) is 8.15.